The molecule has 0 radical (unpaired) electrons. The smallest absolute Gasteiger partial charge is 0.155 e. The Morgan fingerprint density at radius 1 is 1.16 bits per heavy atom. The summed E-state index contributed by atoms with van der Waals surface area (Å²) in [4.78, 5) is 4.63. The van der Waals surface area contributed by atoms with E-state index >= 15 is 0 Å². The monoisotopic (exact) mass is 372 g/mol. The van der Waals surface area contributed by atoms with Crippen molar-refractivity contribution in [2.75, 3.05) is 11.5 Å². The van der Waals surface area contributed by atoms with Crippen molar-refractivity contribution in [2.45, 2.75) is 36.5 Å². The van der Waals surface area contributed by atoms with Crippen molar-refractivity contribution in [2.24, 2.45) is 0 Å². The highest BCUT2D eigenvalue weighted by Gasteiger charge is 2.17. The van der Waals surface area contributed by atoms with E-state index in [9.17, 15) is 13.7 Å². The molecule has 0 N–H and O–H groups in total. The largest absolute Gasteiger partial charge is 0.245 e. The van der Waals surface area contributed by atoms with Gasteiger partial charge in [-0.3, -0.25) is 0 Å². The van der Waals surface area contributed by atoms with Gasteiger partial charge in [0.2, 0.25) is 0 Å². The lowest BCUT2D eigenvalue weighted by atomic mass is 9.95. The number of rotatable bonds is 6. The van der Waals surface area contributed by atoms with Gasteiger partial charge < -0.3 is 0 Å². The van der Waals surface area contributed by atoms with Crippen LogP contribution in [0, 0.1) is 11.3 Å². The number of hydrogen-bond donors (Lipinski definition) is 0. The van der Waals surface area contributed by atoms with Gasteiger partial charge in [-0.2, -0.15) is 5.26 Å². The number of benzene rings is 1. The third-order valence-corrected chi connectivity index (χ3v) is 7.10. The van der Waals surface area contributed by atoms with Crippen LogP contribution in [0.1, 0.15) is 35.2 Å². The number of aryl methyl sites for hydroxylation is 2. The zero-order valence-corrected chi connectivity index (χ0v) is 15.6. The van der Waals surface area contributed by atoms with Crippen LogP contribution < -0.4 is 0 Å². The van der Waals surface area contributed by atoms with Crippen LogP contribution in [-0.2, 0) is 28.4 Å². The Kier molecular flexibility index (Phi) is 5.77. The fourth-order valence-corrected chi connectivity index (χ4v) is 5.79. The minimum atomic E-state index is -3.17. The number of aromatic nitrogens is 1. The molecule has 1 heterocycles. The highest BCUT2D eigenvalue weighted by atomic mass is 32.2. The molecule has 1 aliphatic carbocycles. The molecular formula is C19H20N2O2S2. The molecule has 0 atom stereocenters. The maximum absolute atomic E-state index is 12.3. The van der Waals surface area contributed by atoms with Crippen molar-refractivity contribution in [3.05, 3.63) is 58.8 Å². The van der Waals surface area contributed by atoms with Gasteiger partial charge in [-0.1, -0.05) is 30.3 Å². The van der Waals surface area contributed by atoms with Gasteiger partial charge in [0.15, 0.2) is 9.84 Å². The molecule has 2 aromatic rings. The number of nitrogens with zero attached hydrogens (tertiary/aromatic N) is 2. The van der Waals surface area contributed by atoms with E-state index in [4.69, 9.17) is 0 Å². The topological polar surface area (TPSA) is 70.8 Å². The number of thioether (sulfide) groups is 1. The second-order valence-electron chi connectivity index (χ2n) is 6.19. The molecule has 0 saturated carbocycles. The summed E-state index contributed by atoms with van der Waals surface area (Å²) < 4.78 is 24.6. The maximum Gasteiger partial charge on any atom is 0.155 e. The molecule has 0 fully saturated rings. The molecular weight excluding hydrogens is 352 g/mol. The quantitative estimate of drug-likeness (QED) is 0.725. The Balaban J connectivity index is 1.64. The van der Waals surface area contributed by atoms with Crippen molar-refractivity contribution in [1.82, 2.24) is 4.98 Å². The van der Waals surface area contributed by atoms with Crippen LogP contribution in [0.5, 0.6) is 0 Å². The van der Waals surface area contributed by atoms with Crippen molar-refractivity contribution in [3.8, 4) is 6.07 Å². The second kappa shape index (κ2) is 8.03. The predicted molar refractivity (Wildman–Crippen MR) is 100 cm³/mol. The average molecular weight is 373 g/mol. The van der Waals surface area contributed by atoms with Gasteiger partial charge in [0.1, 0.15) is 11.1 Å². The van der Waals surface area contributed by atoms with E-state index < -0.39 is 9.84 Å². The second-order valence-corrected chi connectivity index (χ2v) is 9.46. The van der Waals surface area contributed by atoms with Gasteiger partial charge in [-0.05, 0) is 42.9 Å². The lowest BCUT2D eigenvalue weighted by Crippen LogP contribution is -2.12. The lowest BCUT2D eigenvalue weighted by Gasteiger charge is -2.16. The van der Waals surface area contributed by atoms with Crippen LogP contribution in [0.3, 0.4) is 0 Å². The summed E-state index contributed by atoms with van der Waals surface area (Å²) in [5, 5.41) is 10.0. The number of hydrogen-bond acceptors (Lipinski definition) is 5. The molecule has 3 rings (SSSR count). The zero-order valence-electron chi connectivity index (χ0n) is 13.9. The molecule has 6 heteroatoms. The van der Waals surface area contributed by atoms with Crippen LogP contribution in [0.4, 0.5) is 0 Å². The summed E-state index contributed by atoms with van der Waals surface area (Å²) in [6.45, 7) is 0. The SMILES string of the molecule is N#Cc1cc2c(nc1SCCS(=O)(=O)Cc1ccccc1)CCCC2. The standard InChI is InChI=1S/C19H20N2O2S2/c20-13-17-12-16-8-4-5-9-18(16)21-19(17)24-10-11-25(22,23)14-15-6-2-1-3-7-15/h1-3,6-7,12H,4-5,8-11,14H2. The number of nitriles is 1. The molecule has 0 spiro atoms. The normalized spacial score (nSPS) is 13.9. The predicted octanol–water partition coefficient (Wildman–Crippen LogP) is 3.54. The van der Waals surface area contributed by atoms with Crippen LogP contribution in [-0.4, -0.2) is 24.9 Å². The van der Waals surface area contributed by atoms with Gasteiger partial charge in [0.25, 0.3) is 0 Å². The highest BCUT2D eigenvalue weighted by Crippen LogP contribution is 2.27. The zero-order chi connectivity index (χ0) is 17.7. The molecule has 1 aliphatic rings. The summed E-state index contributed by atoms with van der Waals surface area (Å²) in [6.07, 6.45) is 4.19. The van der Waals surface area contributed by atoms with Crippen molar-refractivity contribution < 1.29 is 8.42 Å². The first-order valence-electron chi connectivity index (χ1n) is 8.37. The van der Waals surface area contributed by atoms with Crippen LogP contribution >= 0.6 is 11.8 Å². The van der Waals surface area contributed by atoms with E-state index in [1.165, 1.54) is 17.3 Å². The molecule has 1 aromatic carbocycles. The Labute approximate surface area is 153 Å². The molecule has 130 valence electrons. The van der Waals surface area contributed by atoms with Crippen molar-refractivity contribution >= 4 is 21.6 Å². The third kappa shape index (κ3) is 4.83. The Hall–Kier alpha value is -1.84. The Morgan fingerprint density at radius 2 is 1.92 bits per heavy atom. The first kappa shape index (κ1) is 18.0. The molecule has 0 unspecified atom stereocenters. The van der Waals surface area contributed by atoms with E-state index in [1.807, 2.05) is 36.4 Å². The summed E-state index contributed by atoms with van der Waals surface area (Å²) in [5.74, 6) is 0.545. The van der Waals surface area contributed by atoms with E-state index in [0.717, 1.165) is 36.9 Å². The molecule has 0 aliphatic heterocycles. The molecule has 0 saturated heterocycles. The summed E-state index contributed by atoms with van der Waals surface area (Å²) in [5.41, 5.74) is 3.60. The Bertz CT molecular complexity index is 888. The molecule has 0 amide bonds. The summed E-state index contributed by atoms with van der Waals surface area (Å²) >= 11 is 1.37. The van der Waals surface area contributed by atoms with Crippen molar-refractivity contribution in [1.29, 1.82) is 5.26 Å². The number of fused-ring (bicyclic) bond motifs is 1. The number of sulfone groups is 1. The van der Waals surface area contributed by atoms with E-state index in [2.05, 4.69) is 11.1 Å². The summed E-state index contributed by atoms with van der Waals surface area (Å²) in [6, 6.07) is 13.3. The van der Waals surface area contributed by atoms with E-state index in [1.54, 1.807) is 0 Å². The first-order chi connectivity index (χ1) is 12.1. The fraction of sp³-hybridized carbons (Fsp3) is 0.368. The highest BCUT2D eigenvalue weighted by molar-refractivity contribution is 8.00. The van der Waals surface area contributed by atoms with E-state index in [-0.39, 0.29) is 11.5 Å². The van der Waals surface area contributed by atoms with Crippen molar-refractivity contribution in [3.63, 3.8) is 0 Å². The minimum Gasteiger partial charge on any atom is -0.245 e. The molecule has 0 bridgehead atoms. The Morgan fingerprint density at radius 3 is 2.68 bits per heavy atom. The minimum absolute atomic E-state index is 0.0527. The number of pyridine rings is 1. The summed E-state index contributed by atoms with van der Waals surface area (Å²) in [7, 11) is -3.17. The van der Waals surface area contributed by atoms with Crippen LogP contribution in [0.25, 0.3) is 0 Å². The van der Waals surface area contributed by atoms with Crippen LogP contribution in [0.15, 0.2) is 41.4 Å². The van der Waals surface area contributed by atoms with Gasteiger partial charge >= 0.3 is 0 Å². The van der Waals surface area contributed by atoms with Gasteiger partial charge in [0.05, 0.1) is 17.1 Å². The molecule has 1 aromatic heterocycles. The van der Waals surface area contributed by atoms with Gasteiger partial charge in [0, 0.05) is 11.4 Å². The maximum atomic E-state index is 12.3. The average Bonchev–Trinajstić information content (AvgIpc) is 2.61. The lowest BCUT2D eigenvalue weighted by molar-refractivity contribution is 0.597. The van der Waals surface area contributed by atoms with Gasteiger partial charge in [-0.15, -0.1) is 11.8 Å². The molecule has 25 heavy (non-hydrogen) atoms. The molecule has 4 nitrogen and oxygen atoms in total. The van der Waals surface area contributed by atoms with Crippen LogP contribution in [0.2, 0.25) is 0 Å². The first-order valence-corrected chi connectivity index (χ1v) is 11.2. The van der Waals surface area contributed by atoms with E-state index in [0.29, 0.717) is 16.3 Å². The van der Waals surface area contributed by atoms with Gasteiger partial charge in [-0.25, -0.2) is 13.4 Å². The third-order valence-electron chi connectivity index (χ3n) is 4.25. The fourth-order valence-electron chi connectivity index (χ4n) is 2.97.